The van der Waals surface area contributed by atoms with E-state index in [-0.39, 0.29) is 11.2 Å². The molecule has 3 atom stereocenters. The molecule has 1 aromatic carbocycles. The zero-order chi connectivity index (χ0) is 12.9. The van der Waals surface area contributed by atoms with Gasteiger partial charge in [-0.25, -0.2) is 4.39 Å². The second-order valence-electron chi connectivity index (χ2n) is 5.82. The van der Waals surface area contributed by atoms with Crippen LogP contribution < -0.4 is 5.32 Å². The van der Waals surface area contributed by atoms with Gasteiger partial charge in [0, 0.05) is 29.7 Å². The fraction of sp³-hybridized carbons (Fsp3) is 0.571. The molecule has 2 fully saturated rings. The molecule has 0 amide bonds. The summed E-state index contributed by atoms with van der Waals surface area (Å²) < 4.78 is 19.8. The van der Waals surface area contributed by atoms with Crippen molar-refractivity contribution >= 4 is 21.6 Å². The van der Waals surface area contributed by atoms with E-state index in [0.29, 0.717) is 22.5 Å². The first kappa shape index (κ1) is 12.4. The van der Waals surface area contributed by atoms with Crippen molar-refractivity contribution in [1.82, 2.24) is 0 Å². The summed E-state index contributed by atoms with van der Waals surface area (Å²) in [6.07, 6.45) is 1.46. The minimum absolute atomic E-state index is 0.116. The summed E-state index contributed by atoms with van der Waals surface area (Å²) in [6.45, 7) is 5.28. The maximum Gasteiger partial charge on any atom is 0.139 e. The van der Waals surface area contributed by atoms with E-state index in [1.165, 1.54) is 0 Å². The molecule has 1 saturated heterocycles. The summed E-state index contributed by atoms with van der Waals surface area (Å²) in [5.74, 6) is 0.336. The molecule has 2 nitrogen and oxygen atoms in total. The zero-order valence-electron chi connectivity index (χ0n) is 10.5. The molecule has 0 aromatic heterocycles. The molecule has 0 radical (unpaired) electrons. The smallest absolute Gasteiger partial charge is 0.139 e. The standard InChI is InChI=1S/C14H17BrFNO/c1-14(2)12(9-5-6-18-13(9)14)17-8-3-4-10(15)11(16)7-8/h3-4,7,9,12-13,17H,5-6H2,1-2H3. The van der Waals surface area contributed by atoms with Crippen LogP contribution in [0.25, 0.3) is 0 Å². The molecule has 1 aliphatic carbocycles. The number of hydrogen-bond acceptors (Lipinski definition) is 2. The maximum absolute atomic E-state index is 13.5. The van der Waals surface area contributed by atoms with Gasteiger partial charge in [0.15, 0.2) is 0 Å². The predicted octanol–water partition coefficient (Wildman–Crippen LogP) is 3.81. The van der Waals surface area contributed by atoms with Gasteiger partial charge in [0.2, 0.25) is 0 Å². The van der Waals surface area contributed by atoms with Crippen LogP contribution in [0.2, 0.25) is 0 Å². The first-order valence-corrected chi connectivity index (χ1v) is 7.12. The Morgan fingerprint density at radius 3 is 2.94 bits per heavy atom. The second kappa shape index (κ2) is 4.20. The summed E-state index contributed by atoms with van der Waals surface area (Å²) in [4.78, 5) is 0. The fourth-order valence-electron chi connectivity index (χ4n) is 3.38. The number of benzene rings is 1. The van der Waals surface area contributed by atoms with Crippen LogP contribution in [0, 0.1) is 17.2 Å². The second-order valence-corrected chi connectivity index (χ2v) is 6.67. The predicted molar refractivity (Wildman–Crippen MR) is 73.1 cm³/mol. The highest BCUT2D eigenvalue weighted by Gasteiger charge is 2.59. The van der Waals surface area contributed by atoms with Crippen molar-refractivity contribution in [3.05, 3.63) is 28.5 Å². The number of hydrogen-bond donors (Lipinski definition) is 1. The zero-order valence-corrected chi connectivity index (χ0v) is 12.1. The molecule has 1 saturated carbocycles. The number of ether oxygens (including phenoxy) is 1. The molecule has 1 aliphatic heterocycles. The number of rotatable bonds is 2. The number of anilines is 1. The minimum Gasteiger partial charge on any atom is -0.381 e. The molecule has 0 bridgehead atoms. The van der Waals surface area contributed by atoms with Crippen LogP contribution in [0.3, 0.4) is 0 Å². The van der Waals surface area contributed by atoms with E-state index in [4.69, 9.17) is 4.74 Å². The van der Waals surface area contributed by atoms with Crippen LogP contribution in [0.4, 0.5) is 10.1 Å². The highest BCUT2D eigenvalue weighted by atomic mass is 79.9. The molecule has 0 spiro atoms. The van der Waals surface area contributed by atoms with Crippen LogP contribution in [0.15, 0.2) is 22.7 Å². The Kier molecular flexibility index (Phi) is 2.90. The Morgan fingerprint density at radius 1 is 1.44 bits per heavy atom. The molecule has 1 N–H and O–H groups in total. The van der Waals surface area contributed by atoms with Gasteiger partial charge >= 0.3 is 0 Å². The first-order chi connectivity index (χ1) is 8.50. The third kappa shape index (κ3) is 1.77. The lowest BCUT2D eigenvalue weighted by molar-refractivity contribution is -0.0923. The molecule has 18 heavy (non-hydrogen) atoms. The molecule has 1 aromatic rings. The van der Waals surface area contributed by atoms with Gasteiger partial charge in [-0.2, -0.15) is 0 Å². The lowest BCUT2D eigenvalue weighted by Crippen LogP contribution is -2.63. The summed E-state index contributed by atoms with van der Waals surface area (Å²) in [5, 5.41) is 3.47. The van der Waals surface area contributed by atoms with Gasteiger partial charge in [0.25, 0.3) is 0 Å². The largest absolute Gasteiger partial charge is 0.381 e. The van der Waals surface area contributed by atoms with Crippen LogP contribution >= 0.6 is 15.9 Å². The molecule has 3 rings (SSSR count). The van der Waals surface area contributed by atoms with Gasteiger partial charge in [-0.15, -0.1) is 0 Å². The first-order valence-electron chi connectivity index (χ1n) is 6.33. The van der Waals surface area contributed by atoms with E-state index in [2.05, 4.69) is 35.1 Å². The van der Waals surface area contributed by atoms with Gasteiger partial charge in [0.1, 0.15) is 5.82 Å². The van der Waals surface area contributed by atoms with Crippen molar-refractivity contribution in [2.45, 2.75) is 32.4 Å². The van der Waals surface area contributed by atoms with Crippen LogP contribution in [0.5, 0.6) is 0 Å². The fourth-order valence-corrected chi connectivity index (χ4v) is 3.63. The Hall–Kier alpha value is -0.610. The van der Waals surface area contributed by atoms with Crippen LogP contribution in [0.1, 0.15) is 20.3 Å². The highest BCUT2D eigenvalue weighted by molar-refractivity contribution is 9.10. The normalized spacial score (nSPS) is 32.8. The van der Waals surface area contributed by atoms with Crippen LogP contribution in [-0.2, 0) is 4.74 Å². The third-order valence-corrected chi connectivity index (χ3v) is 4.99. The van der Waals surface area contributed by atoms with E-state index in [9.17, 15) is 4.39 Å². The Morgan fingerprint density at radius 2 is 2.22 bits per heavy atom. The summed E-state index contributed by atoms with van der Waals surface area (Å²) >= 11 is 3.17. The van der Waals surface area contributed by atoms with Gasteiger partial charge < -0.3 is 10.1 Å². The van der Waals surface area contributed by atoms with E-state index in [1.807, 2.05) is 6.07 Å². The Balaban J connectivity index is 1.78. The number of fused-ring (bicyclic) bond motifs is 1. The lowest BCUT2D eigenvalue weighted by Gasteiger charge is -2.55. The molecule has 2 aliphatic rings. The third-order valence-electron chi connectivity index (χ3n) is 4.34. The maximum atomic E-state index is 13.5. The molecular formula is C14H17BrFNO. The SMILES string of the molecule is CC1(C)C(Nc2ccc(Br)c(F)c2)C2CCOC21. The van der Waals surface area contributed by atoms with E-state index in [1.54, 1.807) is 12.1 Å². The summed E-state index contributed by atoms with van der Waals surface area (Å²) in [7, 11) is 0. The highest BCUT2D eigenvalue weighted by Crippen LogP contribution is 2.53. The summed E-state index contributed by atoms with van der Waals surface area (Å²) in [5.41, 5.74) is 0.962. The lowest BCUT2D eigenvalue weighted by atomic mass is 9.57. The van der Waals surface area contributed by atoms with E-state index < -0.39 is 0 Å². The molecule has 3 unspecified atom stereocenters. The average Bonchev–Trinajstić information content (AvgIpc) is 2.77. The molecule has 98 valence electrons. The van der Waals surface area contributed by atoms with Crippen molar-refractivity contribution in [3.8, 4) is 0 Å². The average molecular weight is 314 g/mol. The molecule has 4 heteroatoms. The van der Waals surface area contributed by atoms with Crippen LogP contribution in [-0.4, -0.2) is 18.8 Å². The number of nitrogens with one attached hydrogen (secondary N) is 1. The molecular weight excluding hydrogens is 297 g/mol. The quantitative estimate of drug-likeness (QED) is 0.896. The van der Waals surface area contributed by atoms with E-state index >= 15 is 0 Å². The Labute approximate surface area is 115 Å². The van der Waals surface area contributed by atoms with Crippen molar-refractivity contribution in [2.24, 2.45) is 11.3 Å². The topological polar surface area (TPSA) is 21.3 Å². The van der Waals surface area contributed by atoms with Gasteiger partial charge in [-0.05, 0) is 40.5 Å². The van der Waals surface area contributed by atoms with Crippen molar-refractivity contribution in [3.63, 3.8) is 0 Å². The van der Waals surface area contributed by atoms with E-state index in [0.717, 1.165) is 18.7 Å². The summed E-state index contributed by atoms with van der Waals surface area (Å²) in [6, 6.07) is 5.56. The van der Waals surface area contributed by atoms with Crippen molar-refractivity contribution in [1.29, 1.82) is 0 Å². The minimum atomic E-state index is -0.226. The Bertz CT molecular complexity index is 477. The van der Waals surface area contributed by atoms with Gasteiger partial charge in [-0.3, -0.25) is 0 Å². The van der Waals surface area contributed by atoms with Gasteiger partial charge in [0.05, 0.1) is 10.6 Å². The van der Waals surface area contributed by atoms with Gasteiger partial charge in [-0.1, -0.05) is 13.8 Å². The number of halogens is 2. The van der Waals surface area contributed by atoms with Crippen molar-refractivity contribution in [2.75, 3.05) is 11.9 Å². The molecule has 1 heterocycles. The monoisotopic (exact) mass is 313 g/mol. The van der Waals surface area contributed by atoms with Crippen molar-refractivity contribution < 1.29 is 9.13 Å².